The molecule has 0 aliphatic rings. The molecule has 1 unspecified atom stereocenters. The van der Waals surface area contributed by atoms with Gasteiger partial charge in [-0.25, -0.2) is 4.79 Å². The van der Waals surface area contributed by atoms with Crippen molar-refractivity contribution in [1.82, 2.24) is 5.32 Å². The van der Waals surface area contributed by atoms with Gasteiger partial charge in [-0.3, -0.25) is 4.79 Å². The van der Waals surface area contributed by atoms with E-state index in [1.807, 2.05) is 27.7 Å². The van der Waals surface area contributed by atoms with Crippen molar-refractivity contribution < 1.29 is 19.1 Å². The molecule has 0 aromatic heterocycles. The molecule has 1 N–H and O–H groups in total. The summed E-state index contributed by atoms with van der Waals surface area (Å²) in [5, 5.41) is 2.62. The van der Waals surface area contributed by atoms with Crippen LogP contribution >= 0.6 is 0 Å². The first-order valence-electron chi connectivity index (χ1n) is 5.85. The number of hydrogen-bond donors (Lipinski definition) is 1. The lowest BCUT2D eigenvalue weighted by Gasteiger charge is -2.18. The van der Waals surface area contributed by atoms with Gasteiger partial charge in [0, 0.05) is 0 Å². The third-order valence-electron chi connectivity index (χ3n) is 2.08. The monoisotopic (exact) mass is 245 g/mol. The second kappa shape index (κ2) is 8.06. The molecule has 0 aromatic rings. The second-order valence-corrected chi connectivity index (χ2v) is 4.63. The van der Waals surface area contributed by atoms with Crippen LogP contribution in [0.4, 0.5) is 0 Å². The molecule has 0 saturated heterocycles. The van der Waals surface area contributed by atoms with Gasteiger partial charge in [0.1, 0.15) is 12.6 Å². The molecular weight excluding hydrogens is 222 g/mol. The lowest BCUT2D eigenvalue weighted by atomic mass is 10.0. The van der Waals surface area contributed by atoms with Gasteiger partial charge in [-0.15, -0.1) is 0 Å². The normalized spacial score (nSPS) is 12.6. The third-order valence-corrected chi connectivity index (χ3v) is 2.08. The Morgan fingerprint density at radius 2 is 1.76 bits per heavy atom. The second-order valence-electron chi connectivity index (χ2n) is 4.63. The van der Waals surface area contributed by atoms with Crippen LogP contribution in [0, 0.1) is 5.92 Å². The lowest BCUT2D eigenvalue weighted by molar-refractivity contribution is -0.146. The van der Waals surface area contributed by atoms with E-state index in [2.05, 4.69) is 10.1 Å². The maximum absolute atomic E-state index is 11.5. The molecule has 0 aromatic carbocycles. The maximum Gasteiger partial charge on any atom is 0.328 e. The fourth-order valence-corrected chi connectivity index (χ4v) is 1.31. The van der Waals surface area contributed by atoms with Crippen molar-refractivity contribution in [3.8, 4) is 0 Å². The molecule has 0 fully saturated rings. The molecule has 0 spiro atoms. The van der Waals surface area contributed by atoms with Crippen molar-refractivity contribution in [3.05, 3.63) is 0 Å². The van der Waals surface area contributed by atoms with Crippen molar-refractivity contribution in [2.75, 3.05) is 13.7 Å². The summed E-state index contributed by atoms with van der Waals surface area (Å²) < 4.78 is 9.80. The number of carbonyl (C=O) groups excluding carboxylic acids is 2. The van der Waals surface area contributed by atoms with E-state index in [0.717, 1.165) is 0 Å². The Hall–Kier alpha value is -1.10. The molecule has 0 bridgehead atoms. The van der Waals surface area contributed by atoms with Gasteiger partial charge in [0.05, 0.1) is 13.2 Å². The van der Waals surface area contributed by atoms with Crippen LogP contribution in [-0.4, -0.2) is 37.7 Å². The number of carbonyl (C=O) groups is 2. The minimum absolute atomic E-state index is 0.0116. The summed E-state index contributed by atoms with van der Waals surface area (Å²) in [6.45, 7) is 7.61. The molecule has 1 atom stereocenters. The summed E-state index contributed by atoms with van der Waals surface area (Å²) in [6, 6.07) is -0.594. The summed E-state index contributed by atoms with van der Waals surface area (Å²) in [5.74, 6) is -0.420. The van der Waals surface area contributed by atoms with Gasteiger partial charge in [-0.1, -0.05) is 13.8 Å². The van der Waals surface area contributed by atoms with Gasteiger partial charge < -0.3 is 14.8 Å². The molecular formula is C12H23NO4. The fourth-order valence-electron chi connectivity index (χ4n) is 1.31. The van der Waals surface area contributed by atoms with E-state index in [-0.39, 0.29) is 18.6 Å². The van der Waals surface area contributed by atoms with Crippen molar-refractivity contribution in [2.24, 2.45) is 5.92 Å². The van der Waals surface area contributed by atoms with E-state index in [1.165, 1.54) is 7.11 Å². The third kappa shape index (κ3) is 7.74. The Morgan fingerprint density at radius 1 is 1.18 bits per heavy atom. The van der Waals surface area contributed by atoms with Crippen molar-refractivity contribution in [3.63, 3.8) is 0 Å². The largest absolute Gasteiger partial charge is 0.467 e. The molecule has 1 amide bonds. The molecule has 0 aliphatic heterocycles. The molecule has 0 aliphatic carbocycles. The Balaban J connectivity index is 4.22. The van der Waals surface area contributed by atoms with Crippen LogP contribution in [0.2, 0.25) is 0 Å². The standard InChI is InChI=1S/C12H23NO4/c1-8(2)6-10(12(15)16-5)13-11(14)7-17-9(3)4/h8-10H,6-7H2,1-5H3,(H,13,14). The van der Waals surface area contributed by atoms with Gasteiger partial charge in [-0.2, -0.15) is 0 Å². The summed E-state index contributed by atoms with van der Waals surface area (Å²) in [7, 11) is 1.31. The number of methoxy groups -OCH3 is 1. The zero-order valence-corrected chi connectivity index (χ0v) is 11.3. The highest BCUT2D eigenvalue weighted by Crippen LogP contribution is 2.06. The zero-order chi connectivity index (χ0) is 13.4. The molecule has 5 heteroatoms. The highest BCUT2D eigenvalue weighted by atomic mass is 16.5. The lowest BCUT2D eigenvalue weighted by Crippen LogP contribution is -2.44. The minimum atomic E-state index is -0.594. The smallest absolute Gasteiger partial charge is 0.328 e. The van der Waals surface area contributed by atoms with Crippen molar-refractivity contribution in [1.29, 1.82) is 0 Å². The Bertz CT molecular complexity index is 251. The van der Waals surface area contributed by atoms with E-state index in [9.17, 15) is 9.59 Å². The van der Waals surface area contributed by atoms with Crippen LogP contribution in [-0.2, 0) is 19.1 Å². The molecule has 17 heavy (non-hydrogen) atoms. The Morgan fingerprint density at radius 3 is 2.18 bits per heavy atom. The molecule has 0 saturated carbocycles. The van der Waals surface area contributed by atoms with Crippen LogP contribution in [0.3, 0.4) is 0 Å². The first kappa shape index (κ1) is 15.9. The van der Waals surface area contributed by atoms with E-state index in [0.29, 0.717) is 12.3 Å². The van der Waals surface area contributed by atoms with Crippen LogP contribution in [0.1, 0.15) is 34.1 Å². The van der Waals surface area contributed by atoms with Gasteiger partial charge in [0.25, 0.3) is 0 Å². The molecule has 0 radical (unpaired) electrons. The SMILES string of the molecule is COC(=O)C(CC(C)C)NC(=O)COC(C)C. The number of esters is 1. The summed E-state index contributed by atoms with van der Waals surface area (Å²) in [5.41, 5.74) is 0. The van der Waals surface area contributed by atoms with Crippen LogP contribution in [0.5, 0.6) is 0 Å². The van der Waals surface area contributed by atoms with Crippen LogP contribution in [0.25, 0.3) is 0 Å². The highest BCUT2D eigenvalue weighted by Gasteiger charge is 2.22. The molecule has 5 nitrogen and oxygen atoms in total. The van der Waals surface area contributed by atoms with Gasteiger partial charge in [0.2, 0.25) is 5.91 Å². The Kier molecular flexibility index (Phi) is 7.54. The van der Waals surface area contributed by atoms with Crippen LogP contribution in [0.15, 0.2) is 0 Å². The quantitative estimate of drug-likeness (QED) is 0.682. The first-order chi connectivity index (χ1) is 7.86. The van der Waals surface area contributed by atoms with Gasteiger partial charge >= 0.3 is 5.97 Å². The molecule has 0 heterocycles. The number of hydrogen-bond acceptors (Lipinski definition) is 4. The first-order valence-corrected chi connectivity index (χ1v) is 5.85. The average Bonchev–Trinajstić information content (AvgIpc) is 2.23. The predicted octanol–water partition coefficient (Wildman–Crippen LogP) is 1.12. The molecule has 0 rings (SSSR count). The summed E-state index contributed by atoms with van der Waals surface area (Å²) in [4.78, 5) is 23.0. The van der Waals surface area contributed by atoms with Crippen molar-refractivity contribution >= 4 is 11.9 Å². The predicted molar refractivity (Wildman–Crippen MR) is 64.5 cm³/mol. The summed E-state index contributed by atoms with van der Waals surface area (Å²) in [6.07, 6.45) is 0.544. The topological polar surface area (TPSA) is 64.6 Å². The fraction of sp³-hybridized carbons (Fsp3) is 0.833. The van der Waals surface area contributed by atoms with Gasteiger partial charge in [0.15, 0.2) is 0 Å². The minimum Gasteiger partial charge on any atom is -0.467 e. The summed E-state index contributed by atoms with van der Waals surface area (Å²) >= 11 is 0. The van der Waals surface area contributed by atoms with E-state index < -0.39 is 12.0 Å². The Labute approximate surface area is 103 Å². The van der Waals surface area contributed by atoms with Crippen molar-refractivity contribution in [2.45, 2.75) is 46.3 Å². The molecule has 100 valence electrons. The number of rotatable bonds is 7. The number of ether oxygens (including phenoxy) is 2. The highest BCUT2D eigenvalue weighted by molar-refractivity contribution is 5.85. The van der Waals surface area contributed by atoms with E-state index >= 15 is 0 Å². The van der Waals surface area contributed by atoms with E-state index in [1.54, 1.807) is 0 Å². The maximum atomic E-state index is 11.5. The zero-order valence-electron chi connectivity index (χ0n) is 11.3. The van der Waals surface area contributed by atoms with E-state index in [4.69, 9.17) is 4.74 Å². The number of amides is 1. The van der Waals surface area contributed by atoms with Crippen LogP contribution < -0.4 is 5.32 Å². The van der Waals surface area contributed by atoms with Gasteiger partial charge in [-0.05, 0) is 26.2 Å². The number of nitrogens with one attached hydrogen (secondary N) is 1. The average molecular weight is 245 g/mol.